The molecule has 0 bridgehead atoms. The molecule has 1 heterocycles. The van der Waals surface area contributed by atoms with Crippen LogP contribution in [0.5, 0.6) is 0 Å². The molecule has 0 radical (unpaired) electrons. The van der Waals surface area contributed by atoms with Crippen LogP contribution in [0, 0.1) is 0 Å². The molecule has 4 nitrogen and oxygen atoms in total. The highest BCUT2D eigenvalue weighted by Crippen LogP contribution is 2.28. The smallest absolute Gasteiger partial charge is 0.340 e. The Morgan fingerprint density at radius 3 is 2.61 bits per heavy atom. The van der Waals surface area contributed by atoms with Gasteiger partial charge in [-0.1, -0.05) is 6.92 Å². The van der Waals surface area contributed by atoms with Crippen LogP contribution in [0.1, 0.15) is 19.0 Å². The van der Waals surface area contributed by atoms with E-state index in [1.807, 2.05) is 6.92 Å². The van der Waals surface area contributed by atoms with Gasteiger partial charge in [0.25, 0.3) is 0 Å². The van der Waals surface area contributed by atoms with Crippen LogP contribution in [-0.2, 0) is 6.18 Å². The van der Waals surface area contributed by atoms with E-state index in [0.717, 1.165) is 18.7 Å². The Labute approximate surface area is 104 Å². The van der Waals surface area contributed by atoms with Gasteiger partial charge >= 0.3 is 6.18 Å². The molecule has 1 N–H and O–H groups in total. The van der Waals surface area contributed by atoms with E-state index >= 15 is 0 Å². The molecule has 0 saturated heterocycles. The maximum atomic E-state index is 12.5. The molecule has 0 amide bonds. The highest BCUT2D eigenvalue weighted by Gasteiger charge is 2.33. The normalized spacial score (nSPS) is 11.6. The number of halogens is 3. The standard InChI is InChI=1S/C11H17F3N4/c1-3-7-18(8-6-15-2)10-16-5-4-9(17-10)11(12,13)14/h4-5,15H,3,6-8H2,1-2H3. The molecule has 0 aliphatic carbocycles. The maximum absolute atomic E-state index is 12.5. The largest absolute Gasteiger partial charge is 0.433 e. The Morgan fingerprint density at radius 1 is 1.33 bits per heavy atom. The molecule has 0 spiro atoms. The number of hydrogen-bond acceptors (Lipinski definition) is 4. The number of hydrogen-bond donors (Lipinski definition) is 1. The van der Waals surface area contributed by atoms with E-state index in [2.05, 4.69) is 15.3 Å². The van der Waals surface area contributed by atoms with Crippen LogP contribution in [0.3, 0.4) is 0 Å². The number of aromatic nitrogens is 2. The molecule has 1 rings (SSSR count). The fraction of sp³-hybridized carbons (Fsp3) is 0.636. The van der Waals surface area contributed by atoms with Crippen molar-refractivity contribution in [3.8, 4) is 0 Å². The van der Waals surface area contributed by atoms with E-state index in [1.54, 1.807) is 11.9 Å². The predicted octanol–water partition coefficient (Wildman–Crippen LogP) is 1.93. The minimum atomic E-state index is -4.43. The molecule has 0 atom stereocenters. The highest BCUT2D eigenvalue weighted by molar-refractivity contribution is 5.30. The van der Waals surface area contributed by atoms with Gasteiger partial charge in [-0.2, -0.15) is 13.2 Å². The lowest BCUT2D eigenvalue weighted by Gasteiger charge is -2.22. The molecule has 1 aromatic rings. The number of nitrogens with zero attached hydrogens (tertiary/aromatic N) is 3. The van der Waals surface area contributed by atoms with Crippen LogP contribution in [0.2, 0.25) is 0 Å². The molecule has 0 unspecified atom stereocenters. The van der Waals surface area contributed by atoms with Gasteiger partial charge < -0.3 is 10.2 Å². The van der Waals surface area contributed by atoms with Crippen LogP contribution < -0.4 is 10.2 Å². The third-order valence-corrected chi connectivity index (χ3v) is 2.34. The Kier molecular flexibility index (Phi) is 5.33. The van der Waals surface area contributed by atoms with Crippen molar-refractivity contribution in [1.82, 2.24) is 15.3 Å². The lowest BCUT2D eigenvalue weighted by atomic mass is 10.4. The second-order valence-electron chi connectivity index (χ2n) is 3.83. The average molecular weight is 262 g/mol. The van der Waals surface area contributed by atoms with Crippen molar-refractivity contribution in [2.75, 3.05) is 31.6 Å². The van der Waals surface area contributed by atoms with E-state index in [1.165, 1.54) is 0 Å². The van der Waals surface area contributed by atoms with Crippen molar-refractivity contribution in [1.29, 1.82) is 0 Å². The van der Waals surface area contributed by atoms with Crippen LogP contribution in [0.4, 0.5) is 19.1 Å². The first kappa shape index (κ1) is 14.7. The molecule has 1 aromatic heterocycles. The second-order valence-corrected chi connectivity index (χ2v) is 3.83. The van der Waals surface area contributed by atoms with Crippen molar-refractivity contribution < 1.29 is 13.2 Å². The van der Waals surface area contributed by atoms with Crippen molar-refractivity contribution in [3.63, 3.8) is 0 Å². The molecule has 0 aromatic carbocycles. The summed E-state index contributed by atoms with van der Waals surface area (Å²) in [7, 11) is 1.79. The summed E-state index contributed by atoms with van der Waals surface area (Å²) < 4.78 is 37.6. The summed E-state index contributed by atoms with van der Waals surface area (Å²) >= 11 is 0. The number of alkyl halides is 3. The molecule has 0 aliphatic rings. The first-order chi connectivity index (χ1) is 8.49. The molecule has 0 aliphatic heterocycles. The van der Waals surface area contributed by atoms with Crippen LogP contribution in [0.15, 0.2) is 12.3 Å². The SMILES string of the molecule is CCCN(CCNC)c1nccc(C(F)(F)F)n1. The Bertz CT molecular complexity index is 368. The third-order valence-electron chi connectivity index (χ3n) is 2.34. The van der Waals surface area contributed by atoms with Crippen molar-refractivity contribution in [2.45, 2.75) is 19.5 Å². The van der Waals surface area contributed by atoms with Gasteiger partial charge in [-0.05, 0) is 19.5 Å². The lowest BCUT2D eigenvalue weighted by Crippen LogP contribution is -2.33. The third kappa shape index (κ3) is 4.14. The first-order valence-electron chi connectivity index (χ1n) is 5.78. The van der Waals surface area contributed by atoms with Crippen molar-refractivity contribution in [3.05, 3.63) is 18.0 Å². The van der Waals surface area contributed by atoms with E-state index < -0.39 is 11.9 Å². The minimum absolute atomic E-state index is 0.127. The summed E-state index contributed by atoms with van der Waals surface area (Å²) in [5, 5.41) is 2.95. The lowest BCUT2D eigenvalue weighted by molar-refractivity contribution is -0.141. The van der Waals surface area contributed by atoms with Gasteiger partial charge in [0.1, 0.15) is 5.69 Å². The van der Waals surface area contributed by atoms with E-state index in [4.69, 9.17) is 0 Å². The van der Waals surface area contributed by atoms with Gasteiger partial charge in [0.2, 0.25) is 5.95 Å². The molecule has 0 fully saturated rings. The van der Waals surface area contributed by atoms with Gasteiger partial charge in [0.15, 0.2) is 0 Å². The predicted molar refractivity (Wildman–Crippen MR) is 63.5 cm³/mol. The fourth-order valence-corrected chi connectivity index (χ4v) is 1.49. The van der Waals surface area contributed by atoms with Gasteiger partial charge in [0.05, 0.1) is 0 Å². The molecule has 102 valence electrons. The average Bonchev–Trinajstić information content (AvgIpc) is 2.33. The van der Waals surface area contributed by atoms with Crippen LogP contribution in [-0.4, -0.2) is 36.6 Å². The summed E-state index contributed by atoms with van der Waals surface area (Å²) in [6.07, 6.45) is -2.46. The van der Waals surface area contributed by atoms with Crippen LogP contribution in [0.25, 0.3) is 0 Å². The fourth-order valence-electron chi connectivity index (χ4n) is 1.49. The van der Waals surface area contributed by atoms with E-state index in [0.29, 0.717) is 19.6 Å². The molecular weight excluding hydrogens is 245 g/mol. The number of likely N-dealkylation sites (N-methyl/N-ethyl adjacent to an activating group) is 1. The molecule has 7 heteroatoms. The topological polar surface area (TPSA) is 41.0 Å². The van der Waals surface area contributed by atoms with Gasteiger partial charge in [-0.3, -0.25) is 0 Å². The summed E-state index contributed by atoms with van der Waals surface area (Å²) in [6, 6.07) is 0.881. The van der Waals surface area contributed by atoms with Gasteiger partial charge in [-0.25, -0.2) is 9.97 Å². The Hall–Kier alpha value is -1.37. The number of rotatable bonds is 6. The van der Waals surface area contributed by atoms with E-state index in [-0.39, 0.29) is 5.95 Å². The molecule has 0 saturated carbocycles. The monoisotopic (exact) mass is 262 g/mol. The van der Waals surface area contributed by atoms with E-state index in [9.17, 15) is 13.2 Å². The second kappa shape index (κ2) is 6.53. The maximum Gasteiger partial charge on any atom is 0.433 e. The van der Waals surface area contributed by atoms with Gasteiger partial charge in [-0.15, -0.1) is 0 Å². The minimum Gasteiger partial charge on any atom is -0.340 e. The zero-order chi connectivity index (χ0) is 13.6. The molecule has 18 heavy (non-hydrogen) atoms. The summed E-state index contributed by atoms with van der Waals surface area (Å²) in [4.78, 5) is 9.23. The zero-order valence-electron chi connectivity index (χ0n) is 10.5. The molecular formula is C11H17F3N4. The summed E-state index contributed by atoms with van der Waals surface area (Å²) in [6.45, 7) is 3.83. The van der Waals surface area contributed by atoms with Crippen LogP contribution >= 0.6 is 0 Å². The Balaban J connectivity index is 2.90. The van der Waals surface area contributed by atoms with Gasteiger partial charge in [0, 0.05) is 25.8 Å². The van der Waals surface area contributed by atoms with Crippen molar-refractivity contribution >= 4 is 5.95 Å². The highest BCUT2D eigenvalue weighted by atomic mass is 19.4. The van der Waals surface area contributed by atoms with Crippen molar-refractivity contribution in [2.24, 2.45) is 0 Å². The Morgan fingerprint density at radius 2 is 2.06 bits per heavy atom. The number of anilines is 1. The summed E-state index contributed by atoms with van der Waals surface area (Å²) in [5.41, 5.74) is -0.905. The first-order valence-corrected chi connectivity index (χ1v) is 5.78. The summed E-state index contributed by atoms with van der Waals surface area (Å²) in [5.74, 6) is 0.127. The number of nitrogens with one attached hydrogen (secondary N) is 1. The zero-order valence-corrected chi connectivity index (χ0v) is 10.5. The quantitative estimate of drug-likeness (QED) is 0.850.